The van der Waals surface area contributed by atoms with Crippen molar-refractivity contribution in [2.24, 2.45) is 5.92 Å². The summed E-state index contributed by atoms with van der Waals surface area (Å²) < 4.78 is 4.61. The molecule has 1 aromatic heterocycles. The van der Waals surface area contributed by atoms with Gasteiger partial charge in [0.15, 0.2) is 11.5 Å². The van der Waals surface area contributed by atoms with E-state index in [0.717, 1.165) is 11.4 Å². The summed E-state index contributed by atoms with van der Waals surface area (Å²) in [5.74, 6) is 0.0416. The smallest absolute Gasteiger partial charge is 0.358 e. The number of thiazole rings is 1. The van der Waals surface area contributed by atoms with E-state index in [1.54, 1.807) is 0 Å². The Hall–Kier alpha value is -1.23. The standard InChI is InChI=1S/C11H13NO3S/c1-6(13)10-9(11(14)15-2)12-8(16-10)5-7-3-4-7/h7H,3-5H2,1-2H3. The fourth-order valence-electron chi connectivity index (χ4n) is 1.49. The van der Waals surface area contributed by atoms with E-state index in [2.05, 4.69) is 9.72 Å². The van der Waals surface area contributed by atoms with Crippen LogP contribution in [0, 0.1) is 5.92 Å². The van der Waals surface area contributed by atoms with Crippen LogP contribution in [0.2, 0.25) is 0 Å². The number of methoxy groups -OCH3 is 1. The molecule has 0 unspecified atom stereocenters. The first kappa shape index (κ1) is 11.3. The van der Waals surface area contributed by atoms with E-state index in [-0.39, 0.29) is 11.5 Å². The lowest BCUT2D eigenvalue weighted by Crippen LogP contribution is -2.07. The number of carbonyl (C=O) groups is 2. The first-order chi connectivity index (χ1) is 7.61. The lowest BCUT2D eigenvalue weighted by molar-refractivity contribution is 0.0591. The number of esters is 1. The molecule has 86 valence electrons. The summed E-state index contributed by atoms with van der Waals surface area (Å²) in [5, 5.41) is 0.869. The summed E-state index contributed by atoms with van der Waals surface area (Å²) >= 11 is 1.32. The molecule has 0 aliphatic heterocycles. The minimum Gasteiger partial charge on any atom is -0.464 e. The van der Waals surface area contributed by atoms with Gasteiger partial charge < -0.3 is 4.74 Å². The number of ether oxygens (including phenoxy) is 1. The first-order valence-electron chi connectivity index (χ1n) is 5.20. The van der Waals surface area contributed by atoms with E-state index in [4.69, 9.17) is 0 Å². The Bertz CT molecular complexity index is 434. The van der Waals surface area contributed by atoms with Crippen molar-refractivity contribution in [3.8, 4) is 0 Å². The van der Waals surface area contributed by atoms with Gasteiger partial charge in [-0.25, -0.2) is 9.78 Å². The Balaban J connectivity index is 2.28. The fourth-order valence-corrected chi connectivity index (χ4v) is 2.56. The molecule has 1 aliphatic carbocycles. The monoisotopic (exact) mass is 239 g/mol. The average molecular weight is 239 g/mol. The van der Waals surface area contributed by atoms with Crippen LogP contribution >= 0.6 is 11.3 Å². The molecule has 0 atom stereocenters. The molecule has 16 heavy (non-hydrogen) atoms. The topological polar surface area (TPSA) is 56.3 Å². The van der Waals surface area contributed by atoms with Crippen LogP contribution in [0.5, 0.6) is 0 Å². The van der Waals surface area contributed by atoms with Crippen molar-refractivity contribution in [1.29, 1.82) is 0 Å². The maximum Gasteiger partial charge on any atom is 0.358 e. The van der Waals surface area contributed by atoms with Crippen LogP contribution in [0.3, 0.4) is 0 Å². The minimum atomic E-state index is -0.525. The van der Waals surface area contributed by atoms with Gasteiger partial charge in [-0.05, 0) is 18.8 Å². The number of carbonyl (C=O) groups excluding carboxylic acids is 2. The second-order valence-corrected chi connectivity index (χ2v) is 5.06. The Labute approximate surface area is 97.6 Å². The Morgan fingerprint density at radius 3 is 2.69 bits per heavy atom. The van der Waals surface area contributed by atoms with Crippen LogP contribution in [-0.4, -0.2) is 23.8 Å². The van der Waals surface area contributed by atoms with Gasteiger partial charge in [-0.2, -0.15) is 0 Å². The molecule has 0 N–H and O–H groups in total. The highest BCUT2D eigenvalue weighted by molar-refractivity contribution is 7.14. The number of rotatable bonds is 4. The van der Waals surface area contributed by atoms with Gasteiger partial charge in [0, 0.05) is 13.3 Å². The molecule has 1 aliphatic rings. The number of ketones is 1. The largest absolute Gasteiger partial charge is 0.464 e. The van der Waals surface area contributed by atoms with Crippen LogP contribution in [0.25, 0.3) is 0 Å². The van der Waals surface area contributed by atoms with Gasteiger partial charge in [0.2, 0.25) is 0 Å². The number of hydrogen-bond acceptors (Lipinski definition) is 5. The van der Waals surface area contributed by atoms with Crippen molar-refractivity contribution in [3.05, 3.63) is 15.6 Å². The molecular weight excluding hydrogens is 226 g/mol. The molecule has 2 rings (SSSR count). The van der Waals surface area contributed by atoms with E-state index >= 15 is 0 Å². The molecule has 4 nitrogen and oxygen atoms in total. The number of Topliss-reactive ketones (excluding diaryl/α,β-unsaturated/α-hetero) is 1. The van der Waals surface area contributed by atoms with Crippen molar-refractivity contribution in [2.45, 2.75) is 26.2 Å². The van der Waals surface area contributed by atoms with Crippen molar-refractivity contribution < 1.29 is 14.3 Å². The summed E-state index contributed by atoms with van der Waals surface area (Å²) in [6.45, 7) is 1.45. The zero-order chi connectivity index (χ0) is 11.7. The van der Waals surface area contributed by atoms with Crippen molar-refractivity contribution in [1.82, 2.24) is 4.98 Å². The molecule has 0 bridgehead atoms. The third-order valence-corrected chi connectivity index (χ3v) is 3.71. The molecule has 1 fully saturated rings. The van der Waals surface area contributed by atoms with Gasteiger partial charge in [0.25, 0.3) is 0 Å². The molecule has 1 saturated carbocycles. The predicted molar refractivity (Wildman–Crippen MR) is 59.9 cm³/mol. The van der Waals surface area contributed by atoms with Gasteiger partial charge in [0.05, 0.1) is 12.1 Å². The molecule has 0 spiro atoms. The summed E-state index contributed by atoms with van der Waals surface area (Å²) in [7, 11) is 1.30. The maximum atomic E-state index is 11.4. The Morgan fingerprint density at radius 1 is 1.50 bits per heavy atom. The highest BCUT2D eigenvalue weighted by atomic mass is 32.1. The van der Waals surface area contributed by atoms with Crippen LogP contribution < -0.4 is 0 Å². The van der Waals surface area contributed by atoms with E-state index < -0.39 is 5.97 Å². The normalized spacial score (nSPS) is 14.9. The number of nitrogens with zero attached hydrogens (tertiary/aromatic N) is 1. The Kier molecular flexibility index (Phi) is 3.05. The van der Waals surface area contributed by atoms with Gasteiger partial charge in [0.1, 0.15) is 4.88 Å². The predicted octanol–water partition coefficient (Wildman–Crippen LogP) is 2.08. The lowest BCUT2D eigenvalue weighted by Gasteiger charge is -1.95. The van der Waals surface area contributed by atoms with Gasteiger partial charge in [-0.15, -0.1) is 11.3 Å². The summed E-state index contributed by atoms with van der Waals surface area (Å²) in [5.41, 5.74) is 0.177. The molecule has 0 radical (unpaired) electrons. The number of hydrogen-bond donors (Lipinski definition) is 0. The zero-order valence-electron chi connectivity index (χ0n) is 9.28. The minimum absolute atomic E-state index is 0.125. The van der Waals surface area contributed by atoms with Crippen molar-refractivity contribution in [2.75, 3.05) is 7.11 Å². The quantitative estimate of drug-likeness (QED) is 0.596. The highest BCUT2D eigenvalue weighted by Crippen LogP contribution is 2.34. The summed E-state index contributed by atoms with van der Waals surface area (Å²) in [4.78, 5) is 27.4. The molecular formula is C11H13NO3S. The van der Waals surface area contributed by atoms with E-state index in [9.17, 15) is 9.59 Å². The second-order valence-electron chi connectivity index (χ2n) is 3.98. The second kappa shape index (κ2) is 4.33. The molecule has 0 aromatic carbocycles. The summed E-state index contributed by atoms with van der Waals surface area (Å²) in [6, 6.07) is 0. The van der Waals surface area contributed by atoms with E-state index in [1.807, 2.05) is 0 Å². The van der Waals surface area contributed by atoms with Gasteiger partial charge >= 0.3 is 5.97 Å². The van der Waals surface area contributed by atoms with Gasteiger partial charge in [-0.1, -0.05) is 0 Å². The van der Waals surface area contributed by atoms with Gasteiger partial charge in [-0.3, -0.25) is 4.79 Å². The molecule has 1 aromatic rings. The van der Waals surface area contributed by atoms with Crippen LogP contribution in [-0.2, 0) is 11.2 Å². The maximum absolute atomic E-state index is 11.4. The molecule has 0 saturated heterocycles. The molecule has 1 heterocycles. The molecule has 5 heteroatoms. The Morgan fingerprint density at radius 2 is 2.19 bits per heavy atom. The van der Waals surface area contributed by atoms with Crippen LogP contribution in [0.1, 0.15) is 44.9 Å². The zero-order valence-corrected chi connectivity index (χ0v) is 10.1. The van der Waals surface area contributed by atoms with Crippen LogP contribution in [0.15, 0.2) is 0 Å². The summed E-state index contributed by atoms with van der Waals surface area (Å²) in [6.07, 6.45) is 3.33. The fraction of sp³-hybridized carbons (Fsp3) is 0.545. The van der Waals surface area contributed by atoms with E-state index in [0.29, 0.717) is 10.8 Å². The molecule has 0 amide bonds. The number of aromatic nitrogens is 1. The average Bonchev–Trinajstić information content (AvgIpc) is 2.94. The van der Waals surface area contributed by atoms with Crippen LogP contribution in [0.4, 0.5) is 0 Å². The van der Waals surface area contributed by atoms with Crippen molar-refractivity contribution in [3.63, 3.8) is 0 Å². The first-order valence-corrected chi connectivity index (χ1v) is 6.02. The van der Waals surface area contributed by atoms with Crippen molar-refractivity contribution >= 4 is 23.1 Å². The lowest BCUT2D eigenvalue weighted by atomic mass is 10.3. The SMILES string of the molecule is COC(=O)c1nc(CC2CC2)sc1C(C)=O. The third-order valence-electron chi connectivity index (χ3n) is 2.53. The third kappa shape index (κ3) is 2.29. The van der Waals surface area contributed by atoms with E-state index in [1.165, 1.54) is 38.2 Å². The highest BCUT2D eigenvalue weighted by Gasteiger charge is 2.26.